The molecule has 0 unspecified atom stereocenters. The molecule has 45 heavy (non-hydrogen) atoms. The lowest BCUT2D eigenvalue weighted by molar-refractivity contribution is -0.127. The number of nitrogens with one attached hydrogen (secondary N) is 3. The molecule has 0 aliphatic carbocycles. The zero-order valence-electron chi connectivity index (χ0n) is 25.7. The molecular weight excluding hydrogens is 576 g/mol. The number of ketones is 1. The summed E-state index contributed by atoms with van der Waals surface area (Å²) in [6, 6.07) is 24.9. The maximum absolute atomic E-state index is 13.1. The average Bonchev–Trinajstić information content (AvgIpc) is 3.05. The number of anilines is 1. The fraction of sp³-hybridized carbons (Fsp3) is 0.324. The summed E-state index contributed by atoms with van der Waals surface area (Å²) in [5, 5.41) is 7.62. The number of ether oxygens (including phenoxy) is 2. The van der Waals surface area contributed by atoms with E-state index in [1.54, 1.807) is 30.3 Å². The van der Waals surface area contributed by atoms with Gasteiger partial charge in [-0.15, -0.1) is 0 Å². The van der Waals surface area contributed by atoms with Gasteiger partial charge in [0, 0.05) is 5.69 Å². The van der Waals surface area contributed by atoms with Gasteiger partial charge in [-0.05, 0) is 42.5 Å². The van der Waals surface area contributed by atoms with E-state index in [0.29, 0.717) is 12.1 Å². The van der Waals surface area contributed by atoms with Crippen LogP contribution < -0.4 is 20.9 Å². The van der Waals surface area contributed by atoms with Crippen LogP contribution in [0.25, 0.3) is 0 Å². The number of carbonyl (C=O) groups is 5. The van der Waals surface area contributed by atoms with Crippen LogP contribution in [0.2, 0.25) is 0 Å². The van der Waals surface area contributed by atoms with Crippen molar-refractivity contribution in [2.24, 2.45) is 5.92 Å². The van der Waals surface area contributed by atoms with Gasteiger partial charge in [-0.3, -0.25) is 19.3 Å². The molecule has 3 aromatic rings. The van der Waals surface area contributed by atoms with E-state index in [9.17, 15) is 24.0 Å². The van der Waals surface area contributed by atoms with Crippen LogP contribution in [0.5, 0.6) is 0 Å². The number of benzene rings is 3. The highest BCUT2D eigenvalue weighted by molar-refractivity contribution is 5.99. The maximum atomic E-state index is 13.1. The summed E-state index contributed by atoms with van der Waals surface area (Å²) < 4.78 is 10.7. The fourth-order valence-corrected chi connectivity index (χ4v) is 4.30. The van der Waals surface area contributed by atoms with Gasteiger partial charge in [0.15, 0.2) is 5.78 Å². The van der Waals surface area contributed by atoms with Crippen LogP contribution in [0.15, 0.2) is 91.0 Å². The topological polar surface area (TPSA) is 143 Å². The Bertz CT molecular complexity index is 1400. The molecule has 0 spiro atoms. The number of para-hydroxylation sites is 1. The second-order valence-corrected chi connectivity index (χ2v) is 10.8. The van der Waals surface area contributed by atoms with Crippen molar-refractivity contribution < 1.29 is 33.4 Å². The van der Waals surface area contributed by atoms with Gasteiger partial charge in [0.25, 0.3) is 0 Å². The van der Waals surface area contributed by atoms with E-state index >= 15 is 0 Å². The molecule has 0 aliphatic rings. The number of rotatable bonds is 15. The van der Waals surface area contributed by atoms with Crippen LogP contribution in [0, 0.1) is 5.92 Å². The Morgan fingerprint density at radius 2 is 1.16 bits per heavy atom. The first-order valence-electron chi connectivity index (χ1n) is 14.7. The third kappa shape index (κ3) is 11.8. The van der Waals surface area contributed by atoms with Crippen molar-refractivity contribution in [1.82, 2.24) is 16.0 Å². The molecule has 0 heterocycles. The highest BCUT2D eigenvalue weighted by atomic mass is 16.6. The lowest BCUT2D eigenvalue weighted by Crippen LogP contribution is -2.51. The first kappa shape index (κ1) is 34.3. The summed E-state index contributed by atoms with van der Waals surface area (Å²) in [4.78, 5) is 65.1. The van der Waals surface area contributed by atoms with Crippen LogP contribution >= 0.6 is 0 Å². The van der Waals surface area contributed by atoms with Gasteiger partial charge in [0.05, 0.1) is 13.1 Å². The molecule has 4 amide bonds. The Morgan fingerprint density at radius 1 is 0.667 bits per heavy atom. The van der Waals surface area contributed by atoms with Crippen LogP contribution in [-0.2, 0) is 37.1 Å². The number of Topliss-reactive ketones (excluding diaryl/α,β-unsaturated/α-hetero) is 1. The zero-order chi connectivity index (χ0) is 32.6. The Balaban J connectivity index is 1.51. The highest BCUT2D eigenvalue weighted by Gasteiger charge is 2.29. The van der Waals surface area contributed by atoms with Gasteiger partial charge in [-0.1, -0.05) is 92.7 Å². The second-order valence-electron chi connectivity index (χ2n) is 10.8. The smallest absolute Gasteiger partial charge is 0.415 e. The number of amides is 4. The van der Waals surface area contributed by atoms with Gasteiger partial charge < -0.3 is 25.4 Å². The molecule has 0 aliphatic heterocycles. The molecule has 0 aromatic heterocycles. The van der Waals surface area contributed by atoms with Crippen molar-refractivity contribution in [3.8, 4) is 0 Å². The van der Waals surface area contributed by atoms with Gasteiger partial charge in [0.2, 0.25) is 11.8 Å². The molecule has 0 fully saturated rings. The molecular formula is C34H40N4O7. The van der Waals surface area contributed by atoms with Crippen LogP contribution in [0.4, 0.5) is 15.3 Å². The van der Waals surface area contributed by atoms with E-state index in [1.165, 1.54) is 11.8 Å². The molecule has 3 aromatic carbocycles. The number of hydrogen-bond donors (Lipinski definition) is 3. The molecule has 3 rings (SSSR count). The van der Waals surface area contributed by atoms with Crippen LogP contribution in [0.3, 0.4) is 0 Å². The van der Waals surface area contributed by atoms with Gasteiger partial charge in [-0.25, -0.2) is 9.59 Å². The molecule has 0 bridgehead atoms. The quantitative estimate of drug-likeness (QED) is 0.230. The standard InChI is InChI=1S/C34H40N4O7/c1-24(2)19-30(37-33(42)44-22-26-13-7-4-8-14-26)32(41)36-21-29(39)20-35-31(40)25(3)38(28-17-11-6-12-18-28)34(43)45-23-27-15-9-5-10-16-27/h4-18,24-25,30H,19-23H2,1-3H3,(H,35,40)(H,36,41)(H,37,42)/t25-,30-/m0/s1. The molecule has 0 saturated heterocycles. The molecule has 238 valence electrons. The molecule has 0 radical (unpaired) electrons. The van der Waals surface area contributed by atoms with E-state index in [2.05, 4.69) is 16.0 Å². The van der Waals surface area contributed by atoms with Crippen molar-refractivity contribution in [3.05, 3.63) is 102 Å². The lowest BCUT2D eigenvalue weighted by Gasteiger charge is -2.27. The minimum absolute atomic E-state index is 0.0208. The van der Waals surface area contributed by atoms with E-state index in [4.69, 9.17) is 9.47 Å². The Hall–Kier alpha value is -5.19. The monoisotopic (exact) mass is 616 g/mol. The molecule has 0 saturated carbocycles. The minimum atomic E-state index is -1.01. The Labute approximate surface area is 263 Å². The van der Waals surface area contributed by atoms with Gasteiger partial charge in [0.1, 0.15) is 25.3 Å². The summed E-state index contributed by atoms with van der Waals surface area (Å²) in [5.41, 5.74) is 2.04. The largest absolute Gasteiger partial charge is 0.445 e. The molecule has 2 atom stereocenters. The lowest BCUT2D eigenvalue weighted by atomic mass is 10.0. The Morgan fingerprint density at radius 3 is 1.69 bits per heavy atom. The first-order chi connectivity index (χ1) is 21.6. The number of alkyl carbamates (subject to hydrolysis) is 1. The van der Waals surface area contributed by atoms with Crippen molar-refractivity contribution >= 4 is 35.5 Å². The Kier molecular flexibility index (Phi) is 13.6. The van der Waals surface area contributed by atoms with Crippen molar-refractivity contribution in [1.29, 1.82) is 0 Å². The third-order valence-electron chi connectivity index (χ3n) is 6.65. The van der Waals surface area contributed by atoms with E-state index < -0.39 is 41.9 Å². The molecule has 11 nitrogen and oxygen atoms in total. The van der Waals surface area contributed by atoms with Crippen molar-refractivity contribution in [3.63, 3.8) is 0 Å². The zero-order valence-corrected chi connectivity index (χ0v) is 25.7. The van der Waals surface area contributed by atoms with Crippen LogP contribution in [-0.4, -0.2) is 55.0 Å². The predicted octanol–water partition coefficient (Wildman–Crippen LogP) is 4.36. The first-order valence-corrected chi connectivity index (χ1v) is 14.7. The third-order valence-corrected chi connectivity index (χ3v) is 6.65. The van der Waals surface area contributed by atoms with Crippen molar-refractivity contribution in [2.75, 3.05) is 18.0 Å². The SMILES string of the molecule is CC(C)C[C@H](NC(=O)OCc1ccccc1)C(=O)NCC(=O)CNC(=O)[C@H](C)N(C(=O)OCc1ccccc1)c1ccccc1. The highest BCUT2D eigenvalue weighted by Crippen LogP contribution is 2.19. The van der Waals surface area contributed by atoms with E-state index in [0.717, 1.165) is 11.1 Å². The van der Waals surface area contributed by atoms with Gasteiger partial charge >= 0.3 is 12.2 Å². The summed E-state index contributed by atoms with van der Waals surface area (Å²) in [6.07, 6.45) is -1.15. The summed E-state index contributed by atoms with van der Waals surface area (Å²) in [6.45, 7) is 4.64. The average molecular weight is 617 g/mol. The summed E-state index contributed by atoms with van der Waals surface area (Å²) in [5.74, 6) is -1.55. The number of hydrogen-bond acceptors (Lipinski definition) is 7. The predicted molar refractivity (Wildman–Crippen MR) is 169 cm³/mol. The number of carbonyl (C=O) groups excluding carboxylic acids is 5. The maximum Gasteiger partial charge on any atom is 0.415 e. The minimum Gasteiger partial charge on any atom is -0.445 e. The number of nitrogens with zero attached hydrogens (tertiary/aromatic N) is 1. The van der Waals surface area contributed by atoms with E-state index in [1.807, 2.05) is 74.5 Å². The molecule has 11 heteroatoms. The summed E-state index contributed by atoms with van der Waals surface area (Å²) >= 11 is 0. The summed E-state index contributed by atoms with van der Waals surface area (Å²) in [7, 11) is 0. The second kappa shape index (κ2) is 17.8. The molecule has 3 N–H and O–H groups in total. The van der Waals surface area contributed by atoms with Crippen LogP contribution in [0.1, 0.15) is 38.3 Å². The van der Waals surface area contributed by atoms with E-state index in [-0.39, 0.29) is 32.2 Å². The van der Waals surface area contributed by atoms with Crippen molar-refractivity contribution in [2.45, 2.75) is 52.5 Å². The van der Waals surface area contributed by atoms with Gasteiger partial charge in [-0.2, -0.15) is 0 Å². The fourth-order valence-electron chi connectivity index (χ4n) is 4.30. The normalized spacial score (nSPS) is 11.9.